The van der Waals surface area contributed by atoms with Crippen LogP contribution in [0, 0.1) is 0 Å². The van der Waals surface area contributed by atoms with Crippen LogP contribution in [-0.2, 0) is 10.0 Å². The van der Waals surface area contributed by atoms with E-state index in [0.717, 1.165) is 0 Å². The van der Waals surface area contributed by atoms with Crippen molar-refractivity contribution in [2.75, 3.05) is 31.1 Å². The number of piperazine rings is 1. The molecule has 2 heterocycles. The summed E-state index contributed by atoms with van der Waals surface area (Å²) in [4.78, 5) is 15.8. The molecule has 1 aromatic heterocycles. The highest BCUT2D eigenvalue weighted by molar-refractivity contribution is 7.89. The lowest BCUT2D eigenvalue weighted by Gasteiger charge is -2.36. The van der Waals surface area contributed by atoms with E-state index in [4.69, 9.17) is 16.3 Å². The predicted octanol–water partition coefficient (Wildman–Crippen LogP) is 3.08. The molecule has 196 valence electrons. The summed E-state index contributed by atoms with van der Waals surface area (Å²) in [6.07, 6.45) is 3.55. The van der Waals surface area contributed by atoms with Gasteiger partial charge in [-0.25, -0.2) is 8.42 Å². The summed E-state index contributed by atoms with van der Waals surface area (Å²) >= 11 is 6.14. The third-order valence-corrected chi connectivity index (χ3v) is 9.00. The quantitative estimate of drug-likeness (QED) is 0.508. The van der Waals surface area contributed by atoms with Gasteiger partial charge in [0.25, 0.3) is 0 Å². The molecule has 3 aromatic rings. The topological polar surface area (TPSA) is 105 Å². The molecule has 37 heavy (non-hydrogen) atoms. The van der Waals surface area contributed by atoms with Crippen molar-refractivity contribution < 1.29 is 18.3 Å². The van der Waals surface area contributed by atoms with Gasteiger partial charge in [0.2, 0.25) is 15.8 Å². The van der Waals surface area contributed by atoms with Gasteiger partial charge >= 0.3 is 5.56 Å². The van der Waals surface area contributed by atoms with Crippen molar-refractivity contribution in [2.45, 2.75) is 42.8 Å². The Kier molecular flexibility index (Phi) is 7.52. The number of aliphatic hydroxyl groups excluding tert-OH is 1. The van der Waals surface area contributed by atoms with Gasteiger partial charge in [-0.3, -0.25) is 4.79 Å². The van der Waals surface area contributed by atoms with E-state index in [9.17, 15) is 18.3 Å². The summed E-state index contributed by atoms with van der Waals surface area (Å²) in [7, 11) is -3.60. The number of aliphatic hydroxyl groups is 1. The minimum absolute atomic E-state index is 0.177. The summed E-state index contributed by atoms with van der Waals surface area (Å²) in [5.41, 5.74) is 0.642. The van der Waals surface area contributed by atoms with Crippen molar-refractivity contribution >= 4 is 27.3 Å². The number of benzene rings is 2. The Morgan fingerprint density at radius 1 is 0.946 bits per heavy atom. The fourth-order valence-electron chi connectivity index (χ4n) is 4.80. The SMILES string of the molecule is O=c1c(O[C@H]2CC[C@H](O)CC2)c(N2CCN(S(=O)(=O)c3ccccc3)CC2)cnn1-c1cccc(Cl)c1. The number of anilines is 1. The van der Waals surface area contributed by atoms with Crippen molar-refractivity contribution in [3.63, 3.8) is 0 Å². The smallest absolute Gasteiger partial charge is 0.316 e. The van der Waals surface area contributed by atoms with Crippen LogP contribution in [0.4, 0.5) is 5.69 Å². The molecular formula is C26H29ClN4O5S. The first-order valence-corrected chi connectivity index (χ1v) is 14.2. The third-order valence-electron chi connectivity index (χ3n) is 6.86. The number of nitrogens with zero attached hydrogens (tertiary/aromatic N) is 4. The molecule has 5 rings (SSSR count). The zero-order valence-corrected chi connectivity index (χ0v) is 21.8. The van der Waals surface area contributed by atoms with Gasteiger partial charge < -0.3 is 14.7 Å². The van der Waals surface area contributed by atoms with E-state index in [1.165, 1.54) is 8.99 Å². The van der Waals surface area contributed by atoms with Gasteiger partial charge in [-0.05, 0) is 56.0 Å². The molecule has 0 atom stereocenters. The lowest BCUT2D eigenvalue weighted by molar-refractivity contribution is 0.0658. The third kappa shape index (κ3) is 5.52. The Labute approximate surface area is 220 Å². The van der Waals surface area contributed by atoms with Gasteiger partial charge in [-0.1, -0.05) is 35.9 Å². The minimum atomic E-state index is -3.60. The molecule has 1 aliphatic carbocycles. The van der Waals surface area contributed by atoms with Crippen molar-refractivity contribution in [1.82, 2.24) is 14.1 Å². The highest BCUT2D eigenvalue weighted by Gasteiger charge is 2.31. The van der Waals surface area contributed by atoms with E-state index in [0.29, 0.717) is 55.2 Å². The normalized spacial score (nSPS) is 21.1. The lowest BCUT2D eigenvalue weighted by atomic mass is 9.95. The molecule has 2 aromatic carbocycles. The van der Waals surface area contributed by atoms with Crippen molar-refractivity contribution in [1.29, 1.82) is 0 Å². The molecule has 2 fully saturated rings. The number of rotatable bonds is 6. The van der Waals surface area contributed by atoms with E-state index in [1.54, 1.807) is 60.8 Å². The Hall–Kier alpha value is -2.92. The zero-order valence-electron chi connectivity index (χ0n) is 20.2. The maximum atomic E-state index is 13.6. The van der Waals surface area contributed by atoms with E-state index in [-0.39, 0.29) is 35.9 Å². The number of halogens is 1. The average Bonchev–Trinajstić information content (AvgIpc) is 2.91. The number of hydrogen-bond acceptors (Lipinski definition) is 7. The highest BCUT2D eigenvalue weighted by atomic mass is 35.5. The largest absolute Gasteiger partial charge is 0.483 e. The van der Waals surface area contributed by atoms with Crippen molar-refractivity contribution in [2.24, 2.45) is 0 Å². The maximum absolute atomic E-state index is 13.6. The highest BCUT2D eigenvalue weighted by Crippen LogP contribution is 2.30. The summed E-state index contributed by atoms with van der Waals surface area (Å²) in [6.45, 7) is 1.30. The second kappa shape index (κ2) is 10.8. The van der Waals surface area contributed by atoms with Gasteiger partial charge in [0.15, 0.2) is 0 Å². The van der Waals surface area contributed by atoms with Crippen LogP contribution in [0.3, 0.4) is 0 Å². The molecule has 1 N–H and O–H groups in total. The molecule has 0 unspecified atom stereocenters. The molecule has 1 saturated carbocycles. The first kappa shape index (κ1) is 25.7. The predicted molar refractivity (Wildman–Crippen MR) is 141 cm³/mol. The number of aromatic nitrogens is 2. The average molecular weight is 545 g/mol. The van der Waals surface area contributed by atoms with Crippen LogP contribution in [0.15, 0.2) is 70.5 Å². The van der Waals surface area contributed by atoms with E-state index in [2.05, 4.69) is 5.10 Å². The maximum Gasteiger partial charge on any atom is 0.316 e. The van der Waals surface area contributed by atoms with Crippen LogP contribution in [0.1, 0.15) is 25.7 Å². The van der Waals surface area contributed by atoms with Gasteiger partial charge in [-0.2, -0.15) is 14.1 Å². The van der Waals surface area contributed by atoms with Crippen LogP contribution < -0.4 is 15.2 Å². The molecule has 0 radical (unpaired) electrons. The van der Waals surface area contributed by atoms with E-state index < -0.39 is 15.6 Å². The Morgan fingerprint density at radius 2 is 1.65 bits per heavy atom. The second-order valence-corrected chi connectivity index (χ2v) is 11.7. The van der Waals surface area contributed by atoms with Crippen molar-refractivity contribution in [3.8, 4) is 11.4 Å². The van der Waals surface area contributed by atoms with Crippen LogP contribution in [0.25, 0.3) is 5.69 Å². The first-order chi connectivity index (χ1) is 17.8. The standard InChI is InChI=1S/C26H29ClN4O5S/c27-19-5-4-6-20(17-19)31-26(33)25(36-22-11-9-21(32)10-12-22)24(18-28-31)29-13-15-30(16-14-29)37(34,35)23-7-2-1-3-8-23/h1-8,17-18,21-22,32H,9-16H2/t21-,22-. The lowest BCUT2D eigenvalue weighted by Crippen LogP contribution is -2.49. The fourth-order valence-corrected chi connectivity index (χ4v) is 6.43. The molecule has 0 spiro atoms. The van der Waals surface area contributed by atoms with Crippen LogP contribution in [-0.4, -0.2) is 66.0 Å². The molecule has 2 aliphatic rings. The van der Waals surface area contributed by atoms with Crippen molar-refractivity contribution in [3.05, 3.63) is 76.2 Å². The molecule has 0 amide bonds. The first-order valence-electron chi connectivity index (χ1n) is 12.4. The van der Waals surface area contributed by atoms with Crippen LogP contribution in [0.5, 0.6) is 5.75 Å². The molecule has 0 bridgehead atoms. The number of hydrogen-bond donors (Lipinski definition) is 1. The summed E-state index contributed by atoms with van der Waals surface area (Å²) in [5.74, 6) is 0.177. The second-order valence-electron chi connectivity index (χ2n) is 9.31. The Bertz CT molecular complexity index is 1400. The van der Waals surface area contributed by atoms with Gasteiger partial charge in [0.1, 0.15) is 5.69 Å². The zero-order chi connectivity index (χ0) is 26.0. The van der Waals surface area contributed by atoms with Crippen LogP contribution in [0.2, 0.25) is 5.02 Å². The molecule has 9 nitrogen and oxygen atoms in total. The summed E-state index contributed by atoms with van der Waals surface area (Å²) in [6, 6.07) is 15.2. The molecule has 1 saturated heterocycles. The molecular weight excluding hydrogens is 516 g/mol. The monoisotopic (exact) mass is 544 g/mol. The van der Waals surface area contributed by atoms with E-state index in [1.807, 2.05) is 4.90 Å². The molecule has 1 aliphatic heterocycles. The molecule has 11 heteroatoms. The fraction of sp³-hybridized carbons (Fsp3) is 0.385. The summed E-state index contributed by atoms with van der Waals surface area (Å²) in [5, 5.41) is 14.8. The van der Waals surface area contributed by atoms with Gasteiger partial charge in [0.05, 0.1) is 29.0 Å². The Morgan fingerprint density at radius 3 is 2.32 bits per heavy atom. The van der Waals surface area contributed by atoms with Gasteiger partial charge in [-0.15, -0.1) is 0 Å². The Balaban J connectivity index is 1.43. The number of ether oxygens (including phenoxy) is 1. The van der Waals surface area contributed by atoms with Gasteiger partial charge in [0, 0.05) is 31.2 Å². The number of sulfonamides is 1. The summed E-state index contributed by atoms with van der Waals surface area (Å²) < 4.78 is 35.1. The van der Waals surface area contributed by atoms with Crippen LogP contribution >= 0.6 is 11.6 Å². The minimum Gasteiger partial charge on any atom is -0.483 e. The van der Waals surface area contributed by atoms with E-state index >= 15 is 0 Å².